The molecule has 0 N–H and O–H groups in total. The molecule has 1 aromatic carbocycles. The fourth-order valence-electron chi connectivity index (χ4n) is 1.17. The Hall–Kier alpha value is -2.23. The molecule has 0 radical (unpaired) electrons. The summed E-state index contributed by atoms with van der Waals surface area (Å²) in [5.74, 6) is -1.37. The van der Waals surface area contributed by atoms with Crippen LogP contribution in [0, 0.1) is 11.3 Å². The van der Waals surface area contributed by atoms with Crippen molar-refractivity contribution in [2.45, 2.75) is 13.3 Å². The largest absolute Gasteiger partial charge is 0.573 e. The summed E-state index contributed by atoms with van der Waals surface area (Å²) >= 11 is 0. The first-order valence-corrected chi connectivity index (χ1v) is 4.84. The third-order valence-electron chi connectivity index (χ3n) is 1.84. The van der Waals surface area contributed by atoms with Crippen molar-refractivity contribution in [1.82, 2.24) is 0 Å². The molecule has 0 aliphatic heterocycles. The first-order valence-electron chi connectivity index (χ1n) is 4.84. The molecular weight excluding hydrogens is 251 g/mol. The van der Waals surface area contributed by atoms with Crippen LogP contribution in [0.2, 0.25) is 0 Å². The standard InChI is InChI=1S/C11H8F3NO3/c1-2-17-10(16)7-3-4-9(8(5-7)6-15)18-11(12,13)14/h3-5H,2H2,1H3. The summed E-state index contributed by atoms with van der Waals surface area (Å²) in [5.41, 5.74) is -0.402. The second-order valence-corrected chi connectivity index (χ2v) is 3.09. The van der Waals surface area contributed by atoms with Gasteiger partial charge < -0.3 is 9.47 Å². The second-order valence-electron chi connectivity index (χ2n) is 3.09. The van der Waals surface area contributed by atoms with Crippen molar-refractivity contribution >= 4 is 5.97 Å². The Labute approximate surface area is 101 Å². The average Bonchev–Trinajstić information content (AvgIpc) is 2.27. The Kier molecular flexibility index (Phi) is 4.15. The number of rotatable bonds is 3. The Morgan fingerprint density at radius 3 is 2.61 bits per heavy atom. The van der Waals surface area contributed by atoms with Gasteiger partial charge in [-0.05, 0) is 25.1 Å². The Bertz CT molecular complexity index is 491. The van der Waals surface area contributed by atoms with Crippen molar-refractivity contribution < 1.29 is 27.4 Å². The first kappa shape index (κ1) is 13.8. The van der Waals surface area contributed by atoms with Gasteiger partial charge in [0.15, 0.2) is 0 Å². The zero-order chi connectivity index (χ0) is 13.8. The molecule has 0 heterocycles. The summed E-state index contributed by atoms with van der Waals surface area (Å²) in [5, 5.41) is 8.70. The molecule has 0 saturated heterocycles. The van der Waals surface area contributed by atoms with Crippen LogP contribution in [-0.2, 0) is 4.74 Å². The van der Waals surface area contributed by atoms with E-state index in [1.54, 1.807) is 6.92 Å². The lowest BCUT2D eigenvalue weighted by atomic mass is 10.1. The van der Waals surface area contributed by atoms with Crippen LogP contribution in [-0.4, -0.2) is 18.9 Å². The van der Waals surface area contributed by atoms with Gasteiger partial charge in [-0.25, -0.2) is 4.79 Å². The molecule has 0 atom stereocenters. The number of carbonyl (C=O) groups excluding carboxylic acids is 1. The van der Waals surface area contributed by atoms with Crippen molar-refractivity contribution in [1.29, 1.82) is 5.26 Å². The van der Waals surface area contributed by atoms with Crippen molar-refractivity contribution in [3.05, 3.63) is 29.3 Å². The SMILES string of the molecule is CCOC(=O)c1ccc(OC(F)(F)F)c(C#N)c1. The maximum Gasteiger partial charge on any atom is 0.573 e. The highest BCUT2D eigenvalue weighted by Gasteiger charge is 2.32. The van der Waals surface area contributed by atoms with Gasteiger partial charge in [0.25, 0.3) is 0 Å². The van der Waals surface area contributed by atoms with Crippen LogP contribution in [0.4, 0.5) is 13.2 Å². The number of alkyl halides is 3. The highest BCUT2D eigenvalue weighted by Crippen LogP contribution is 2.26. The minimum Gasteiger partial charge on any atom is -0.462 e. The molecule has 0 aliphatic rings. The maximum absolute atomic E-state index is 12.0. The third kappa shape index (κ3) is 3.66. The molecule has 0 aliphatic carbocycles. The number of nitrogens with zero attached hydrogens (tertiary/aromatic N) is 1. The van der Waals surface area contributed by atoms with E-state index in [2.05, 4.69) is 9.47 Å². The van der Waals surface area contributed by atoms with E-state index in [-0.39, 0.29) is 12.2 Å². The van der Waals surface area contributed by atoms with E-state index in [1.165, 1.54) is 6.07 Å². The average molecular weight is 259 g/mol. The van der Waals surface area contributed by atoms with Crippen LogP contribution in [0.25, 0.3) is 0 Å². The van der Waals surface area contributed by atoms with Crippen LogP contribution < -0.4 is 4.74 Å². The quantitative estimate of drug-likeness (QED) is 0.783. The number of nitriles is 1. The number of esters is 1. The highest BCUT2D eigenvalue weighted by atomic mass is 19.4. The summed E-state index contributed by atoms with van der Waals surface area (Å²) in [6.07, 6.45) is -4.89. The molecule has 0 amide bonds. The van der Waals surface area contributed by atoms with Gasteiger partial charge in [-0.2, -0.15) is 5.26 Å². The monoisotopic (exact) mass is 259 g/mol. The minimum atomic E-state index is -4.89. The summed E-state index contributed by atoms with van der Waals surface area (Å²) in [6, 6.07) is 4.51. The van der Waals surface area contributed by atoms with E-state index in [9.17, 15) is 18.0 Å². The molecule has 1 rings (SSSR count). The molecular formula is C11H8F3NO3. The van der Waals surface area contributed by atoms with Crippen LogP contribution in [0.1, 0.15) is 22.8 Å². The van der Waals surface area contributed by atoms with Crippen molar-refractivity contribution in [2.24, 2.45) is 0 Å². The van der Waals surface area contributed by atoms with Gasteiger partial charge in [0.2, 0.25) is 0 Å². The number of halogens is 3. The van der Waals surface area contributed by atoms with Crippen molar-refractivity contribution in [3.63, 3.8) is 0 Å². The van der Waals surface area contributed by atoms with Crippen LogP contribution in [0.5, 0.6) is 5.75 Å². The molecule has 1 aromatic rings. The fourth-order valence-corrected chi connectivity index (χ4v) is 1.17. The number of benzene rings is 1. The van der Waals surface area contributed by atoms with E-state index in [4.69, 9.17) is 5.26 Å². The normalized spacial score (nSPS) is 10.6. The molecule has 96 valence electrons. The third-order valence-corrected chi connectivity index (χ3v) is 1.84. The van der Waals surface area contributed by atoms with Crippen LogP contribution >= 0.6 is 0 Å². The van der Waals surface area contributed by atoms with Gasteiger partial charge >= 0.3 is 12.3 Å². The molecule has 0 aromatic heterocycles. The molecule has 0 bridgehead atoms. The summed E-state index contributed by atoms with van der Waals surface area (Å²) < 4.78 is 44.3. The van der Waals surface area contributed by atoms with E-state index in [0.29, 0.717) is 0 Å². The lowest BCUT2D eigenvalue weighted by Gasteiger charge is -2.10. The fraction of sp³-hybridized carbons (Fsp3) is 0.273. The molecule has 18 heavy (non-hydrogen) atoms. The van der Waals surface area contributed by atoms with Gasteiger partial charge in [0.05, 0.1) is 17.7 Å². The predicted octanol–water partition coefficient (Wildman–Crippen LogP) is 2.63. The van der Waals surface area contributed by atoms with Crippen molar-refractivity contribution in [3.8, 4) is 11.8 Å². The summed E-state index contributed by atoms with van der Waals surface area (Å²) in [7, 11) is 0. The topological polar surface area (TPSA) is 59.3 Å². The van der Waals surface area contributed by atoms with Crippen molar-refractivity contribution in [2.75, 3.05) is 6.61 Å². The second kappa shape index (κ2) is 5.40. The summed E-state index contributed by atoms with van der Waals surface area (Å²) in [4.78, 5) is 11.3. The zero-order valence-corrected chi connectivity index (χ0v) is 9.25. The summed E-state index contributed by atoms with van der Waals surface area (Å²) in [6.45, 7) is 1.71. The zero-order valence-electron chi connectivity index (χ0n) is 9.25. The van der Waals surface area contributed by atoms with Gasteiger partial charge in [-0.15, -0.1) is 13.2 Å². The molecule has 0 spiro atoms. The van der Waals surface area contributed by atoms with Crippen LogP contribution in [0.15, 0.2) is 18.2 Å². The van der Waals surface area contributed by atoms with E-state index in [0.717, 1.165) is 18.2 Å². The van der Waals surface area contributed by atoms with E-state index >= 15 is 0 Å². The Morgan fingerprint density at radius 2 is 2.11 bits per heavy atom. The van der Waals surface area contributed by atoms with Gasteiger partial charge in [-0.3, -0.25) is 0 Å². The first-order chi connectivity index (χ1) is 8.37. The number of carbonyl (C=O) groups is 1. The number of hydrogen-bond acceptors (Lipinski definition) is 4. The van der Waals surface area contributed by atoms with Gasteiger partial charge in [0, 0.05) is 0 Å². The number of ether oxygens (including phenoxy) is 2. The highest BCUT2D eigenvalue weighted by molar-refractivity contribution is 5.90. The molecule has 7 heteroatoms. The van der Waals surface area contributed by atoms with Crippen LogP contribution in [0.3, 0.4) is 0 Å². The van der Waals surface area contributed by atoms with Gasteiger partial charge in [-0.1, -0.05) is 0 Å². The Balaban J connectivity index is 3.05. The molecule has 0 unspecified atom stereocenters. The minimum absolute atomic E-state index is 0.0112. The maximum atomic E-state index is 12.0. The number of hydrogen-bond donors (Lipinski definition) is 0. The van der Waals surface area contributed by atoms with Gasteiger partial charge in [0.1, 0.15) is 11.8 Å². The molecule has 0 saturated carbocycles. The molecule has 0 fully saturated rings. The lowest BCUT2D eigenvalue weighted by Crippen LogP contribution is -2.18. The van der Waals surface area contributed by atoms with E-state index in [1.807, 2.05) is 0 Å². The van der Waals surface area contributed by atoms with E-state index < -0.39 is 23.6 Å². The lowest BCUT2D eigenvalue weighted by molar-refractivity contribution is -0.274. The predicted molar refractivity (Wildman–Crippen MR) is 53.8 cm³/mol. The smallest absolute Gasteiger partial charge is 0.462 e. The molecule has 4 nitrogen and oxygen atoms in total. The Morgan fingerprint density at radius 1 is 1.44 bits per heavy atom.